The second-order valence-electron chi connectivity index (χ2n) is 3.35. The minimum atomic E-state index is 0.111. The zero-order valence-corrected chi connectivity index (χ0v) is 7.16. The molecule has 0 amide bonds. The van der Waals surface area contributed by atoms with Crippen molar-refractivity contribution >= 4 is 11.6 Å². The summed E-state index contributed by atoms with van der Waals surface area (Å²) >= 11 is 5.62. The van der Waals surface area contributed by atoms with Gasteiger partial charge in [-0.2, -0.15) is 5.10 Å². The lowest BCUT2D eigenvalue weighted by molar-refractivity contribution is 0.567. The van der Waals surface area contributed by atoms with Crippen LogP contribution in [0.3, 0.4) is 0 Å². The molecule has 0 aliphatic heterocycles. The van der Waals surface area contributed by atoms with Crippen LogP contribution in [0, 0.1) is 0 Å². The Bertz CT molecular complexity index is 222. The molecule has 0 aliphatic rings. The molecule has 0 saturated heterocycles. The fourth-order valence-corrected chi connectivity index (χ4v) is 0.833. The number of halogens is 1. The summed E-state index contributed by atoms with van der Waals surface area (Å²) in [5.74, 6) is 0. The van der Waals surface area contributed by atoms with Gasteiger partial charge in [-0.15, -0.1) is 0 Å². The topological polar surface area (TPSA) is 28.7 Å². The Morgan fingerprint density at radius 2 is 2.10 bits per heavy atom. The number of rotatable bonds is 0. The molecule has 0 radical (unpaired) electrons. The summed E-state index contributed by atoms with van der Waals surface area (Å²) < 4.78 is 0. The highest BCUT2D eigenvalue weighted by molar-refractivity contribution is 6.29. The van der Waals surface area contributed by atoms with Crippen molar-refractivity contribution < 1.29 is 0 Å². The van der Waals surface area contributed by atoms with Gasteiger partial charge in [-0.3, -0.25) is 5.10 Å². The molecule has 2 nitrogen and oxygen atoms in total. The summed E-state index contributed by atoms with van der Waals surface area (Å²) in [6.45, 7) is 6.32. The van der Waals surface area contributed by atoms with Crippen molar-refractivity contribution in [2.24, 2.45) is 0 Å². The highest BCUT2D eigenvalue weighted by atomic mass is 35.5. The molecule has 3 heteroatoms. The standard InChI is InChI=1S/C7H11ClN2/c1-7(2,3)5-4-6(8)10-9-5/h4H,1-3H3,(H,9,10). The van der Waals surface area contributed by atoms with Crippen LogP contribution < -0.4 is 0 Å². The van der Waals surface area contributed by atoms with Crippen molar-refractivity contribution in [2.75, 3.05) is 0 Å². The van der Waals surface area contributed by atoms with E-state index in [-0.39, 0.29) is 5.41 Å². The maximum absolute atomic E-state index is 5.62. The first-order valence-corrected chi connectivity index (χ1v) is 3.59. The van der Waals surface area contributed by atoms with Crippen molar-refractivity contribution in [1.29, 1.82) is 0 Å². The summed E-state index contributed by atoms with van der Waals surface area (Å²) in [4.78, 5) is 0. The van der Waals surface area contributed by atoms with Gasteiger partial charge >= 0.3 is 0 Å². The van der Waals surface area contributed by atoms with E-state index in [4.69, 9.17) is 11.6 Å². The second kappa shape index (κ2) is 2.27. The SMILES string of the molecule is CC(C)(C)c1cc(Cl)n[nH]1. The van der Waals surface area contributed by atoms with Crippen molar-refractivity contribution in [1.82, 2.24) is 10.2 Å². The van der Waals surface area contributed by atoms with Crippen LogP contribution >= 0.6 is 11.6 Å². The van der Waals surface area contributed by atoms with Gasteiger partial charge in [0.15, 0.2) is 5.15 Å². The average molecular weight is 159 g/mol. The maximum atomic E-state index is 5.62. The molecule has 0 spiro atoms. The van der Waals surface area contributed by atoms with Gasteiger partial charge in [0.25, 0.3) is 0 Å². The zero-order chi connectivity index (χ0) is 7.78. The minimum Gasteiger partial charge on any atom is -0.281 e. The molecule has 10 heavy (non-hydrogen) atoms. The molecular formula is C7H11ClN2. The molecule has 0 fully saturated rings. The van der Waals surface area contributed by atoms with E-state index >= 15 is 0 Å². The third-order valence-corrected chi connectivity index (χ3v) is 1.55. The smallest absolute Gasteiger partial charge is 0.151 e. The van der Waals surface area contributed by atoms with E-state index in [9.17, 15) is 0 Å². The average Bonchev–Trinajstić information content (AvgIpc) is 2.11. The lowest BCUT2D eigenvalue weighted by atomic mass is 9.93. The lowest BCUT2D eigenvalue weighted by Gasteiger charge is -2.14. The van der Waals surface area contributed by atoms with Crippen LogP contribution in [-0.4, -0.2) is 10.2 Å². The van der Waals surface area contributed by atoms with E-state index in [1.807, 2.05) is 6.07 Å². The summed E-state index contributed by atoms with van der Waals surface area (Å²) in [5, 5.41) is 7.22. The first kappa shape index (κ1) is 7.61. The van der Waals surface area contributed by atoms with Crippen LogP contribution in [0.25, 0.3) is 0 Å². The van der Waals surface area contributed by atoms with E-state index < -0.39 is 0 Å². The molecule has 0 saturated carbocycles. The third-order valence-electron chi connectivity index (χ3n) is 1.35. The molecule has 0 aromatic carbocycles. The largest absolute Gasteiger partial charge is 0.281 e. The number of H-pyrrole nitrogens is 1. The molecule has 56 valence electrons. The van der Waals surface area contributed by atoms with Crippen LogP contribution in [0.2, 0.25) is 5.15 Å². The number of aromatic nitrogens is 2. The van der Waals surface area contributed by atoms with E-state index in [0.717, 1.165) is 5.69 Å². The Labute approximate surface area is 65.6 Å². The van der Waals surface area contributed by atoms with Gasteiger partial charge in [0.2, 0.25) is 0 Å². The Hall–Kier alpha value is -0.500. The number of nitrogens with one attached hydrogen (secondary N) is 1. The van der Waals surface area contributed by atoms with Gasteiger partial charge in [0, 0.05) is 11.1 Å². The van der Waals surface area contributed by atoms with E-state index in [1.165, 1.54) is 0 Å². The Morgan fingerprint density at radius 1 is 1.50 bits per heavy atom. The number of hydrogen-bond acceptors (Lipinski definition) is 1. The van der Waals surface area contributed by atoms with Crippen molar-refractivity contribution in [2.45, 2.75) is 26.2 Å². The van der Waals surface area contributed by atoms with Gasteiger partial charge in [0.1, 0.15) is 0 Å². The van der Waals surface area contributed by atoms with Crippen molar-refractivity contribution in [3.05, 3.63) is 16.9 Å². The molecule has 0 atom stereocenters. The fraction of sp³-hybridized carbons (Fsp3) is 0.571. The first-order chi connectivity index (χ1) is 4.50. The summed E-state index contributed by atoms with van der Waals surface area (Å²) in [7, 11) is 0. The number of hydrogen-bond donors (Lipinski definition) is 1. The lowest BCUT2D eigenvalue weighted by Crippen LogP contribution is -2.11. The molecule has 1 aromatic heterocycles. The van der Waals surface area contributed by atoms with Crippen molar-refractivity contribution in [3.63, 3.8) is 0 Å². The minimum absolute atomic E-state index is 0.111. The van der Waals surface area contributed by atoms with Gasteiger partial charge in [-0.1, -0.05) is 32.4 Å². The Kier molecular flexibility index (Phi) is 1.73. The van der Waals surface area contributed by atoms with Crippen molar-refractivity contribution in [3.8, 4) is 0 Å². The predicted molar refractivity (Wildman–Crippen MR) is 42.3 cm³/mol. The van der Waals surface area contributed by atoms with E-state index in [2.05, 4.69) is 31.0 Å². The van der Waals surface area contributed by atoms with Crippen LogP contribution in [0.15, 0.2) is 6.07 Å². The molecule has 0 bridgehead atoms. The normalized spacial score (nSPS) is 12.0. The molecule has 0 unspecified atom stereocenters. The summed E-state index contributed by atoms with van der Waals surface area (Å²) in [6.07, 6.45) is 0. The van der Waals surface area contributed by atoms with Gasteiger partial charge in [-0.25, -0.2) is 0 Å². The monoisotopic (exact) mass is 158 g/mol. The quantitative estimate of drug-likeness (QED) is 0.617. The second-order valence-corrected chi connectivity index (χ2v) is 3.74. The van der Waals surface area contributed by atoms with Crippen LogP contribution in [0.5, 0.6) is 0 Å². The molecule has 1 aromatic rings. The van der Waals surface area contributed by atoms with E-state index in [0.29, 0.717) is 5.15 Å². The summed E-state index contributed by atoms with van der Waals surface area (Å²) in [6, 6.07) is 1.85. The fourth-order valence-electron chi connectivity index (χ4n) is 0.681. The molecule has 1 N–H and O–H groups in total. The highest BCUT2D eigenvalue weighted by Crippen LogP contribution is 2.21. The number of nitrogens with zero attached hydrogens (tertiary/aromatic N) is 1. The third kappa shape index (κ3) is 1.51. The molecule has 0 aliphatic carbocycles. The zero-order valence-electron chi connectivity index (χ0n) is 6.40. The highest BCUT2D eigenvalue weighted by Gasteiger charge is 2.15. The Balaban J connectivity index is 2.96. The predicted octanol–water partition coefficient (Wildman–Crippen LogP) is 2.36. The number of aromatic amines is 1. The maximum Gasteiger partial charge on any atom is 0.151 e. The van der Waals surface area contributed by atoms with Gasteiger partial charge in [-0.05, 0) is 6.07 Å². The molecule has 1 rings (SSSR count). The van der Waals surface area contributed by atoms with Gasteiger partial charge in [0.05, 0.1) is 0 Å². The summed E-state index contributed by atoms with van der Waals surface area (Å²) in [5.41, 5.74) is 1.18. The molecular weight excluding hydrogens is 148 g/mol. The van der Waals surface area contributed by atoms with Gasteiger partial charge < -0.3 is 0 Å². The Morgan fingerprint density at radius 3 is 2.30 bits per heavy atom. The first-order valence-electron chi connectivity index (χ1n) is 3.21. The molecule has 1 heterocycles. The van der Waals surface area contributed by atoms with E-state index in [1.54, 1.807) is 0 Å². The van der Waals surface area contributed by atoms with Crippen LogP contribution in [0.4, 0.5) is 0 Å². The van der Waals surface area contributed by atoms with Crippen LogP contribution in [-0.2, 0) is 5.41 Å². The van der Waals surface area contributed by atoms with Crippen LogP contribution in [0.1, 0.15) is 26.5 Å².